The summed E-state index contributed by atoms with van der Waals surface area (Å²) < 4.78 is 24.6. The van der Waals surface area contributed by atoms with Crippen molar-refractivity contribution in [1.82, 2.24) is 9.80 Å². The molecule has 2 aromatic carbocycles. The van der Waals surface area contributed by atoms with Crippen LogP contribution in [0.25, 0.3) is 0 Å². The van der Waals surface area contributed by atoms with Crippen molar-refractivity contribution in [2.45, 2.75) is 20.0 Å². The molecule has 1 unspecified atom stereocenters. The van der Waals surface area contributed by atoms with E-state index in [1.807, 2.05) is 13.8 Å². The number of carbonyl (C=O) groups is 2. The average molecular weight is 429 g/mol. The van der Waals surface area contributed by atoms with Gasteiger partial charge in [0.15, 0.2) is 0 Å². The van der Waals surface area contributed by atoms with E-state index in [2.05, 4.69) is 0 Å². The Kier molecular flexibility index (Phi) is 7.63. The van der Waals surface area contributed by atoms with Crippen LogP contribution in [0.15, 0.2) is 48.5 Å². The number of methoxy groups -OCH3 is 1. The Bertz CT molecular complexity index is 901. The van der Waals surface area contributed by atoms with Gasteiger partial charge in [-0.25, -0.2) is 4.39 Å². The summed E-state index contributed by atoms with van der Waals surface area (Å²) in [6.07, 6.45) is -0.313. The van der Waals surface area contributed by atoms with E-state index in [0.717, 1.165) is 0 Å². The molecule has 0 aromatic heterocycles. The maximum atomic E-state index is 13.6. The number of amides is 2. The molecule has 1 aliphatic heterocycles. The van der Waals surface area contributed by atoms with E-state index in [0.29, 0.717) is 49.7 Å². The predicted molar refractivity (Wildman–Crippen MR) is 116 cm³/mol. The molecule has 2 aromatic rings. The van der Waals surface area contributed by atoms with Gasteiger partial charge in [0.2, 0.25) is 0 Å². The van der Waals surface area contributed by atoms with Gasteiger partial charge in [-0.05, 0) is 48.4 Å². The van der Waals surface area contributed by atoms with Crippen LogP contribution >= 0.6 is 0 Å². The standard InChI is InChI=1S/C24H29FN2O4/c1-17(2)14-27(24(29)19-5-4-6-20(25)13-19)16-22-15-26(11-12-31-22)23(28)18-7-9-21(30-3)10-8-18/h4-10,13,17,22H,11-12,14-16H2,1-3H3. The molecule has 1 heterocycles. The zero-order chi connectivity index (χ0) is 22.4. The van der Waals surface area contributed by atoms with E-state index >= 15 is 0 Å². The van der Waals surface area contributed by atoms with E-state index in [4.69, 9.17) is 9.47 Å². The summed E-state index contributed by atoms with van der Waals surface area (Å²) in [7, 11) is 1.58. The predicted octanol–water partition coefficient (Wildman–Crippen LogP) is 3.47. The highest BCUT2D eigenvalue weighted by Crippen LogP contribution is 2.17. The first kappa shape index (κ1) is 22.7. The van der Waals surface area contributed by atoms with E-state index < -0.39 is 5.82 Å². The molecule has 7 heteroatoms. The Morgan fingerprint density at radius 1 is 1.19 bits per heavy atom. The minimum Gasteiger partial charge on any atom is -0.497 e. The molecule has 0 N–H and O–H groups in total. The maximum Gasteiger partial charge on any atom is 0.254 e. The fourth-order valence-corrected chi connectivity index (χ4v) is 3.66. The third-order valence-corrected chi connectivity index (χ3v) is 5.13. The van der Waals surface area contributed by atoms with Crippen molar-refractivity contribution in [3.05, 3.63) is 65.5 Å². The van der Waals surface area contributed by atoms with Gasteiger partial charge in [-0.2, -0.15) is 0 Å². The molecule has 166 valence electrons. The lowest BCUT2D eigenvalue weighted by atomic mass is 10.1. The van der Waals surface area contributed by atoms with E-state index in [1.54, 1.807) is 47.2 Å². The molecule has 6 nitrogen and oxygen atoms in total. The van der Waals surface area contributed by atoms with Crippen molar-refractivity contribution in [1.29, 1.82) is 0 Å². The number of ether oxygens (including phenoxy) is 2. The van der Waals surface area contributed by atoms with Crippen molar-refractivity contribution in [2.24, 2.45) is 5.92 Å². The first-order chi connectivity index (χ1) is 14.9. The second kappa shape index (κ2) is 10.4. The lowest BCUT2D eigenvalue weighted by molar-refractivity contribution is -0.0340. The summed E-state index contributed by atoms with van der Waals surface area (Å²) >= 11 is 0. The Morgan fingerprint density at radius 3 is 2.58 bits per heavy atom. The van der Waals surface area contributed by atoms with Crippen molar-refractivity contribution < 1.29 is 23.5 Å². The fraction of sp³-hybridized carbons (Fsp3) is 0.417. The van der Waals surface area contributed by atoms with Crippen LogP contribution in [0.5, 0.6) is 5.75 Å². The first-order valence-electron chi connectivity index (χ1n) is 10.5. The molecule has 0 saturated carbocycles. The van der Waals surface area contributed by atoms with E-state index in [9.17, 15) is 14.0 Å². The number of morpholine rings is 1. The highest BCUT2D eigenvalue weighted by Gasteiger charge is 2.28. The molecule has 1 aliphatic rings. The third kappa shape index (κ3) is 6.04. The van der Waals surface area contributed by atoms with Gasteiger partial charge in [0.1, 0.15) is 11.6 Å². The lowest BCUT2D eigenvalue weighted by Crippen LogP contribution is -2.51. The number of rotatable bonds is 7. The fourth-order valence-electron chi connectivity index (χ4n) is 3.66. The topological polar surface area (TPSA) is 59.1 Å². The van der Waals surface area contributed by atoms with Gasteiger partial charge in [-0.15, -0.1) is 0 Å². The van der Waals surface area contributed by atoms with Crippen LogP contribution in [0.4, 0.5) is 4.39 Å². The lowest BCUT2D eigenvalue weighted by Gasteiger charge is -2.36. The van der Waals surface area contributed by atoms with E-state index in [-0.39, 0.29) is 23.8 Å². The van der Waals surface area contributed by atoms with Gasteiger partial charge < -0.3 is 19.3 Å². The van der Waals surface area contributed by atoms with Gasteiger partial charge in [0.05, 0.1) is 19.8 Å². The van der Waals surface area contributed by atoms with Crippen molar-refractivity contribution in [3.8, 4) is 5.75 Å². The summed E-state index contributed by atoms with van der Waals surface area (Å²) in [6.45, 7) is 6.16. The molecule has 1 atom stereocenters. The molecule has 1 fully saturated rings. The number of carbonyl (C=O) groups excluding carboxylic acids is 2. The molecule has 0 aliphatic carbocycles. The van der Waals surface area contributed by atoms with Crippen LogP contribution < -0.4 is 4.74 Å². The van der Waals surface area contributed by atoms with Crippen LogP contribution in [-0.4, -0.2) is 67.6 Å². The molecule has 1 saturated heterocycles. The van der Waals surface area contributed by atoms with Crippen LogP contribution in [-0.2, 0) is 4.74 Å². The maximum absolute atomic E-state index is 13.6. The van der Waals surface area contributed by atoms with Gasteiger partial charge in [0.25, 0.3) is 11.8 Å². The highest BCUT2D eigenvalue weighted by molar-refractivity contribution is 5.95. The normalized spacial score (nSPS) is 16.3. The third-order valence-electron chi connectivity index (χ3n) is 5.13. The average Bonchev–Trinajstić information content (AvgIpc) is 2.77. The minimum absolute atomic E-state index is 0.0807. The second-order valence-corrected chi connectivity index (χ2v) is 8.09. The van der Waals surface area contributed by atoms with Gasteiger partial charge in [0, 0.05) is 37.3 Å². The summed E-state index contributed by atoms with van der Waals surface area (Å²) in [4.78, 5) is 29.4. The van der Waals surface area contributed by atoms with Gasteiger partial charge >= 0.3 is 0 Å². The SMILES string of the molecule is COc1ccc(C(=O)N2CCOC(CN(CC(C)C)C(=O)c3cccc(F)c3)C2)cc1. The monoisotopic (exact) mass is 428 g/mol. The Morgan fingerprint density at radius 2 is 1.94 bits per heavy atom. The number of nitrogens with zero attached hydrogens (tertiary/aromatic N) is 2. The van der Waals surface area contributed by atoms with Crippen molar-refractivity contribution >= 4 is 11.8 Å². The molecule has 3 rings (SSSR count). The van der Waals surface area contributed by atoms with E-state index in [1.165, 1.54) is 18.2 Å². The molecule has 0 radical (unpaired) electrons. The summed E-state index contributed by atoms with van der Waals surface area (Å²) in [5, 5.41) is 0. The Balaban J connectivity index is 1.69. The number of halogens is 1. The van der Waals surface area contributed by atoms with Gasteiger partial charge in [-0.1, -0.05) is 19.9 Å². The zero-order valence-corrected chi connectivity index (χ0v) is 18.2. The number of hydrogen-bond acceptors (Lipinski definition) is 4. The number of hydrogen-bond donors (Lipinski definition) is 0. The Hall–Kier alpha value is -2.93. The zero-order valence-electron chi connectivity index (χ0n) is 18.2. The minimum atomic E-state index is -0.444. The molecule has 31 heavy (non-hydrogen) atoms. The molecular weight excluding hydrogens is 399 g/mol. The first-order valence-corrected chi connectivity index (χ1v) is 10.5. The second-order valence-electron chi connectivity index (χ2n) is 8.09. The molecule has 0 spiro atoms. The van der Waals surface area contributed by atoms with Crippen LogP contribution in [0.1, 0.15) is 34.6 Å². The summed E-state index contributed by atoms with van der Waals surface area (Å²) in [5.74, 6) is 0.161. The van der Waals surface area contributed by atoms with Crippen molar-refractivity contribution in [2.75, 3.05) is 39.9 Å². The quantitative estimate of drug-likeness (QED) is 0.678. The van der Waals surface area contributed by atoms with Crippen LogP contribution in [0, 0.1) is 11.7 Å². The molecule has 0 bridgehead atoms. The Labute approximate surface area is 182 Å². The number of benzene rings is 2. The largest absolute Gasteiger partial charge is 0.497 e. The summed E-state index contributed by atoms with van der Waals surface area (Å²) in [5.41, 5.74) is 0.888. The molecule has 2 amide bonds. The van der Waals surface area contributed by atoms with Crippen molar-refractivity contribution in [3.63, 3.8) is 0 Å². The van der Waals surface area contributed by atoms with Crippen LogP contribution in [0.2, 0.25) is 0 Å². The smallest absolute Gasteiger partial charge is 0.254 e. The highest BCUT2D eigenvalue weighted by atomic mass is 19.1. The van der Waals surface area contributed by atoms with Crippen LogP contribution in [0.3, 0.4) is 0 Å². The summed E-state index contributed by atoms with van der Waals surface area (Å²) in [6, 6.07) is 12.7. The molecular formula is C24H29FN2O4. The van der Waals surface area contributed by atoms with Gasteiger partial charge in [-0.3, -0.25) is 9.59 Å².